The third-order valence-corrected chi connectivity index (χ3v) is 6.86. The standard InChI is InChI=1S/C22H24ClN3O3S/c1-26(2)20-12-5-9-17-16(20)8-6-13-21(17)30(28,29)15-7-14-24-22(27)25-19-11-4-3-10-18(19)23/h3-6,8-13H,7,14-15H2,1-2H3,(H2,24,25,27). The van der Waals surface area contributed by atoms with Crippen LogP contribution in [0.1, 0.15) is 6.42 Å². The Morgan fingerprint density at radius 2 is 1.67 bits per heavy atom. The highest BCUT2D eigenvalue weighted by Gasteiger charge is 2.18. The number of amides is 2. The predicted molar refractivity (Wildman–Crippen MR) is 123 cm³/mol. The van der Waals surface area contributed by atoms with Gasteiger partial charge in [-0.3, -0.25) is 0 Å². The van der Waals surface area contributed by atoms with Gasteiger partial charge in [-0.2, -0.15) is 0 Å². The topological polar surface area (TPSA) is 78.5 Å². The predicted octanol–water partition coefficient (Wildman–Crippen LogP) is 4.54. The van der Waals surface area contributed by atoms with E-state index in [1.54, 1.807) is 36.4 Å². The summed E-state index contributed by atoms with van der Waals surface area (Å²) in [5.41, 5.74) is 1.46. The van der Waals surface area contributed by atoms with E-state index < -0.39 is 15.9 Å². The van der Waals surface area contributed by atoms with Gasteiger partial charge in [0.25, 0.3) is 0 Å². The summed E-state index contributed by atoms with van der Waals surface area (Å²) >= 11 is 6.01. The zero-order valence-corrected chi connectivity index (χ0v) is 18.4. The fraction of sp³-hybridized carbons (Fsp3) is 0.227. The number of nitrogens with one attached hydrogen (secondary N) is 2. The first-order valence-corrected chi connectivity index (χ1v) is 11.5. The summed E-state index contributed by atoms with van der Waals surface area (Å²) in [5.74, 6) is -0.0648. The van der Waals surface area contributed by atoms with Crippen molar-refractivity contribution in [2.45, 2.75) is 11.3 Å². The molecule has 0 aliphatic rings. The number of carbonyl (C=O) groups is 1. The van der Waals surface area contributed by atoms with Gasteiger partial charge in [0.15, 0.2) is 9.84 Å². The van der Waals surface area contributed by atoms with Crippen LogP contribution in [0.4, 0.5) is 16.2 Å². The van der Waals surface area contributed by atoms with Gasteiger partial charge in [-0.1, -0.05) is 48.0 Å². The van der Waals surface area contributed by atoms with E-state index in [9.17, 15) is 13.2 Å². The number of rotatable bonds is 7. The molecule has 2 amide bonds. The molecule has 0 unspecified atom stereocenters. The number of hydrogen-bond donors (Lipinski definition) is 2. The molecular weight excluding hydrogens is 422 g/mol. The molecule has 30 heavy (non-hydrogen) atoms. The highest BCUT2D eigenvalue weighted by Crippen LogP contribution is 2.30. The highest BCUT2D eigenvalue weighted by atomic mass is 35.5. The molecule has 0 aliphatic carbocycles. The second kappa shape index (κ2) is 9.36. The minimum Gasteiger partial charge on any atom is -0.377 e. The molecule has 3 rings (SSSR count). The Hall–Kier alpha value is -2.77. The molecule has 3 aromatic rings. The Labute approximate surface area is 181 Å². The number of nitrogens with zero attached hydrogens (tertiary/aromatic N) is 1. The quantitative estimate of drug-likeness (QED) is 0.523. The Kier molecular flexibility index (Phi) is 6.84. The van der Waals surface area contributed by atoms with Gasteiger partial charge in [-0.25, -0.2) is 13.2 Å². The van der Waals surface area contributed by atoms with Crippen LogP contribution < -0.4 is 15.5 Å². The second-order valence-corrected chi connectivity index (χ2v) is 9.54. The van der Waals surface area contributed by atoms with Gasteiger partial charge in [-0.15, -0.1) is 0 Å². The van der Waals surface area contributed by atoms with Crippen LogP contribution in [0, 0.1) is 0 Å². The minimum atomic E-state index is -3.50. The molecule has 3 aromatic carbocycles. The molecule has 0 atom stereocenters. The average molecular weight is 446 g/mol. The number of urea groups is 1. The molecule has 0 saturated heterocycles. The molecule has 2 N–H and O–H groups in total. The van der Waals surface area contributed by atoms with Crippen LogP contribution in [0.25, 0.3) is 10.8 Å². The maximum absolute atomic E-state index is 12.9. The Bertz CT molecular complexity index is 1160. The maximum atomic E-state index is 12.9. The van der Waals surface area contributed by atoms with Gasteiger partial charge in [-0.05, 0) is 30.7 Å². The van der Waals surface area contributed by atoms with E-state index in [0.717, 1.165) is 11.1 Å². The molecule has 0 saturated carbocycles. The second-order valence-electron chi connectivity index (χ2n) is 7.06. The number of benzene rings is 3. The third kappa shape index (κ3) is 5.04. The fourth-order valence-corrected chi connectivity index (χ4v) is 4.96. The van der Waals surface area contributed by atoms with E-state index in [4.69, 9.17) is 11.6 Å². The monoisotopic (exact) mass is 445 g/mol. The first-order valence-electron chi connectivity index (χ1n) is 9.51. The van der Waals surface area contributed by atoms with Gasteiger partial charge in [0.2, 0.25) is 0 Å². The summed E-state index contributed by atoms with van der Waals surface area (Å²) in [6.45, 7) is 0.225. The number of para-hydroxylation sites is 1. The normalized spacial score (nSPS) is 11.3. The number of hydrogen-bond acceptors (Lipinski definition) is 4. The van der Waals surface area contributed by atoms with Crippen molar-refractivity contribution in [3.05, 3.63) is 65.7 Å². The number of halogens is 1. The number of sulfone groups is 1. The van der Waals surface area contributed by atoms with Crippen LogP contribution in [0.5, 0.6) is 0 Å². The van der Waals surface area contributed by atoms with Crippen molar-refractivity contribution in [1.29, 1.82) is 0 Å². The lowest BCUT2D eigenvalue weighted by molar-refractivity contribution is 0.252. The third-order valence-electron chi connectivity index (χ3n) is 4.67. The SMILES string of the molecule is CN(C)c1cccc2c(S(=O)(=O)CCCNC(=O)Nc3ccccc3Cl)cccc12. The number of fused-ring (bicyclic) bond motifs is 1. The van der Waals surface area contributed by atoms with Crippen LogP contribution in [0.3, 0.4) is 0 Å². The number of carbonyl (C=O) groups excluding carboxylic acids is 1. The van der Waals surface area contributed by atoms with Gasteiger partial charge >= 0.3 is 6.03 Å². The zero-order chi connectivity index (χ0) is 21.7. The summed E-state index contributed by atoms with van der Waals surface area (Å²) in [4.78, 5) is 14.3. The molecule has 0 spiro atoms. The first-order chi connectivity index (χ1) is 14.3. The summed E-state index contributed by atoms with van der Waals surface area (Å²) < 4.78 is 25.9. The van der Waals surface area contributed by atoms with E-state index >= 15 is 0 Å². The number of anilines is 2. The first kappa shape index (κ1) is 21.9. The van der Waals surface area contributed by atoms with Gasteiger partial charge < -0.3 is 15.5 Å². The van der Waals surface area contributed by atoms with Gasteiger partial charge in [0, 0.05) is 37.1 Å². The molecule has 0 aliphatic heterocycles. The molecule has 0 radical (unpaired) electrons. The largest absolute Gasteiger partial charge is 0.377 e. The molecule has 0 fully saturated rings. The van der Waals surface area contributed by atoms with E-state index in [1.165, 1.54) is 0 Å². The lowest BCUT2D eigenvalue weighted by atomic mass is 10.1. The van der Waals surface area contributed by atoms with Crippen molar-refractivity contribution in [3.8, 4) is 0 Å². The fourth-order valence-electron chi connectivity index (χ4n) is 3.23. The Morgan fingerprint density at radius 1 is 0.967 bits per heavy atom. The Morgan fingerprint density at radius 3 is 2.40 bits per heavy atom. The van der Waals surface area contributed by atoms with E-state index in [1.807, 2.05) is 43.3 Å². The maximum Gasteiger partial charge on any atom is 0.319 e. The molecular formula is C22H24ClN3O3S. The summed E-state index contributed by atoms with van der Waals surface area (Å²) in [7, 11) is 0.348. The van der Waals surface area contributed by atoms with Crippen molar-refractivity contribution in [3.63, 3.8) is 0 Å². The molecule has 158 valence electrons. The average Bonchev–Trinajstić information content (AvgIpc) is 2.72. The highest BCUT2D eigenvalue weighted by molar-refractivity contribution is 7.91. The van der Waals surface area contributed by atoms with E-state index in [-0.39, 0.29) is 12.3 Å². The van der Waals surface area contributed by atoms with Crippen LogP contribution >= 0.6 is 11.6 Å². The van der Waals surface area contributed by atoms with Crippen molar-refractivity contribution in [2.75, 3.05) is 36.6 Å². The lowest BCUT2D eigenvalue weighted by Gasteiger charge is -2.17. The van der Waals surface area contributed by atoms with Gasteiger partial charge in [0.05, 0.1) is 21.4 Å². The van der Waals surface area contributed by atoms with Gasteiger partial charge in [0.1, 0.15) is 0 Å². The summed E-state index contributed by atoms with van der Waals surface area (Å²) in [5, 5.41) is 7.33. The van der Waals surface area contributed by atoms with Crippen molar-refractivity contribution in [1.82, 2.24) is 5.32 Å². The summed E-state index contributed by atoms with van der Waals surface area (Å²) in [6.07, 6.45) is 0.294. The lowest BCUT2D eigenvalue weighted by Crippen LogP contribution is -2.30. The van der Waals surface area contributed by atoms with Crippen LogP contribution in [0.2, 0.25) is 5.02 Å². The van der Waals surface area contributed by atoms with Crippen LogP contribution in [0.15, 0.2) is 65.6 Å². The molecule has 6 nitrogen and oxygen atoms in total. The Balaban J connectivity index is 1.64. The molecule has 8 heteroatoms. The van der Waals surface area contributed by atoms with E-state index in [2.05, 4.69) is 10.6 Å². The van der Waals surface area contributed by atoms with Crippen molar-refractivity contribution < 1.29 is 13.2 Å². The molecule has 0 bridgehead atoms. The molecule has 0 heterocycles. The van der Waals surface area contributed by atoms with Crippen molar-refractivity contribution in [2.24, 2.45) is 0 Å². The molecule has 0 aromatic heterocycles. The smallest absolute Gasteiger partial charge is 0.319 e. The summed E-state index contributed by atoms with van der Waals surface area (Å²) in [6, 6.07) is 17.4. The minimum absolute atomic E-state index is 0.0648. The zero-order valence-electron chi connectivity index (χ0n) is 16.9. The van der Waals surface area contributed by atoms with Crippen LogP contribution in [-0.2, 0) is 9.84 Å². The van der Waals surface area contributed by atoms with E-state index in [0.29, 0.717) is 27.4 Å². The van der Waals surface area contributed by atoms with Crippen LogP contribution in [-0.4, -0.2) is 40.8 Å². The van der Waals surface area contributed by atoms with Crippen molar-refractivity contribution >= 4 is 49.6 Å².